The van der Waals surface area contributed by atoms with E-state index in [-0.39, 0.29) is 5.91 Å². The van der Waals surface area contributed by atoms with Crippen LogP contribution in [0.4, 0.5) is 0 Å². The van der Waals surface area contributed by atoms with E-state index in [2.05, 4.69) is 6.58 Å². The molecular weight excluding hydrogens is 350 g/mol. The van der Waals surface area contributed by atoms with Gasteiger partial charge in [0.05, 0.1) is 18.6 Å². The number of aliphatic hydroxyl groups is 1. The van der Waals surface area contributed by atoms with Crippen LogP contribution >= 0.6 is 11.3 Å². The molecule has 1 saturated heterocycles. The summed E-state index contributed by atoms with van der Waals surface area (Å²) in [5.74, 6) is 1.08. The number of benzene rings is 1. The third-order valence-electron chi connectivity index (χ3n) is 4.52. The fourth-order valence-electron chi connectivity index (χ4n) is 3.05. The smallest absolute Gasteiger partial charge is 0.260 e. The van der Waals surface area contributed by atoms with Gasteiger partial charge in [0.2, 0.25) is 0 Å². The first-order valence-corrected chi connectivity index (χ1v) is 9.36. The number of ether oxygens (including phenoxy) is 2. The van der Waals surface area contributed by atoms with Crippen molar-refractivity contribution in [2.75, 3.05) is 20.3 Å². The van der Waals surface area contributed by atoms with Crippen molar-refractivity contribution in [1.82, 2.24) is 4.90 Å². The van der Waals surface area contributed by atoms with E-state index in [0.717, 1.165) is 16.2 Å². The summed E-state index contributed by atoms with van der Waals surface area (Å²) in [7, 11) is 1.62. The van der Waals surface area contributed by atoms with Crippen LogP contribution in [0.1, 0.15) is 28.7 Å². The van der Waals surface area contributed by atoms with E-state index in [0.29, 0.717) is 36.8 Å². The summed E-state index contributed by atoms with van der Waals surface area (Å²) < 4.78 is 10.6. The summed E-state index contributed by atoms with van der Waals surface area (Å²) in [5.41, 5.74) is -0.470. The maximum absolute atomic E-state index is 12.9. The summed E-state index contributed by atoms with van der Waals surface area (Å²) in [5, 5.41) is 11.0. The predicted octanol–water partition coefficient (Wildman–Crippen LogP) is 3.38. The largest absolute Gasteiger partial charge is 0.497 e. The maximum Gasteiger partial charge on any atom is 0.260 e. The Morgan fingerprint density at radius 2 is 2.04 bits per heavy atom. The highest BCUT2D eigenvalue weighted by molar-refractivity contribution is 7.13. The number of carbonyl (C=O) groups excluding carboxylic acids is 1. The number of hydrogen-bond donors (Lipinski definition) is 1. The molecule has 1 aromatic carbocycles. The predicted molar refractivity (Wildman–Crippen MR) is 102 cm³/mol. The van der Waals surface area contributed by atoms with E-state index < -0.39 is 5.60 Å². The Morgan fingerprint density at radius 3 is 2.69 bits per heavy atom. The number of rotatable bonds is 7. The highest BCUT2D eigenvalue weighted by Crippen LogP contribution is 2.39. The average molecular weight is 373 g/mol. The molecule has 1 aliphatic rings. The zero-order chi connectivity index (χ0) is 18.7. The zero-order valence-electron chi connectivity index (χ0n) is 15.0. The highest BCUT2D eigenvalue weighted by atomic mass is 32.1. The molecular formula is C20H23NO4S. The van der Waals surface area contributed by atoms with Crippen LogP contribution in [0.3, 0.4) is 0 Å². The van der Waals surface area contributed by atoms with Gasteiger partial charge < -0.3 is 19.5 Å². The molecule has 26 heavy (non-hydrogen) atoms. The normalized spacial score (nSPS) is 19.7. The van der Waals surface area contributed by atoms with Gasteiger partial charge in [-0.15, -0.1) is 11.3 Å². The summed E-state index contributed by atoms with van der Waals surface area (Å²) >= 11 is 1.36. The quantitative estimate of drug-likeness (QED) is 0.756. The fraction of sp³-hybridized carbons (Fsp3) is 0.350. The van der Waals surface area contributed by atoms with Gasteiger partial charge in [0.25, 0.3) is 5.91 Å². The number of carbonyl (C=O) groups is 1. The molecule has 2 aromatic rings. The van der Waals surface area contributed by atoms with E-state index in [9.17, 15) is 9.90 Å². The molecule has 2 heterocycles. The van der Waals surface area contributed by atoms with Crippen LogP contribution in [0, 0.1) is 0 Å². The number of nitrogens with zero attached hydrogens (tertiary/aromatic N) is 1. The lowest BCUT2D eigenvalue weighted by Crippen LogP contribution is -2.36. The molecule has 1 aliphatic heterocycles. The van der Waals surface area contributed by atoms with Crippen molar-refractivity contribution in [2.24, 2.45) is 0 Å². The molecule has 0 bridgehead atoms. The van der Waals surface area contributed by atoms with Gasteiger partial charge in [0.1, 0.15) is 11.5 Å². The van der Waals surface area contributed by atoms with Crippen LogP contribution in [-0.2, 0) is 21.7 Å². The second-order valence-electron chi connectivity index (χ2n) is 6.21. The van der Waals surface area contributed by atoms with Gasteiger partial charge in [-0.3, -0.25) is 4.79 Å². The van der Waals surface area contributed by atoms with E-state index in [1.807, 2.05) is 37.3 Å². The first-order chi connectivity index (χ1) is 12.5. The Labute approximate surface area is 157 Å². The Bertz CT molecular complexity index is 798. The molecule has 1 fully saturated rings. The first kappa shape index (κ1) is 18.5. The SMILES string of the molecule is C=C(OCC)c1ccc(C2(O)CCN(Cc3ccc(OC)cc3)C2=O)s1. The second-order valence-corrected chi connectivity index (χ2v) is 7.29. The van der Waals surface area contributed by atoms with Crippen LogP contribution in [0.15, 0.2) is 43.0 Å². The van der Waals surface area contributed by atoms with Crippen molar-refractivity contribution in [2.45, 2.75) is 25.5 Å². The van der Waals surface area contributed by atoms with Crippen molar-refractivity contribution < 1.29 is 19.4 Å². The van der Waals surface area contributed by atoms with Crippen LogP contribution in [0.2, 0.25) is 0 Å². The fourth-order valence-corrected chi connectivity index (χ4v) is 4.09. The van der Waals surface area contributed by atoms with Crippen molar-refractivity contribution in [3.05, 3.63) is 58.3 Å². The molecule has 1 N–H and O–H groups in total. The molecule has 3 rings (SSSR count). The van der Waals surface area contributed by atoms with Crippen molar-refractivity contribution in [3.8, 4) is 5.75 Å². The minimum absolute atomic E-state index is 0.260. The van der Waals surface area contributed by atoms with E-state index in [4.69, 9.17) is 9.47 Å². The topological polar surface area (TPSA) is 59.0 Å². The Kier molecular flexibility index (Phi) is 5.34. The van der Waals surface area contributed by atoms with Crippen LogP contribution < -0.4 is 4.74 Å². The number of methoxy groups -OCH3 is 1. The Balaban J connectivity index is 1.73. The molecule has 1 amide bonds. The number of amides is 1. The van der Waals surface area contributed by atoms with Gasteiger partial charge in [0.15, 0.2) is 5.60 Å². The van der Waals surface area contributed by atoms with E-state index >= 15 is 0 Å². The lowest BCUT2D eigenvalue weighted by Gasteiger charge is -2.21. The second kappa shape index (κ2) is 7.51. The number of likely N-dealkylation sites (tertiary alicyclic amines) is 1. The standard InChI is InChI=1S/C20H23NO4S/c1-4-25-14(2)17-9-10-18(26-17)20(23)11-12-21(19(20)22)13-15-5-7-16(24-3)8-6-15/h5-10,23H,2,4,11-13H2,1,3H3. The summed E-state index contributed by atoms with van der Waals surface area (Å²) in [6.45, 7) is 7.29. The number of hydrogen-bond acceptors (Lipinski definition) is 5. The Hall–Kier alpha value is -2.31. The van der Waals surface area contributed by atoms with Crippen molar-refractivity contribution in [3.63, 3.8) is 0 Å². The summed E-state index contributed by atoms with van der Waals surface area (Å²) in [6, 6.07) is 11.2. The van der Waals surface area contributed by atoms with Crippen LogP contribution in [-0.4, -0.2) is 36.2 Å². The molecule has 1 atom stereocenters. The maximum atomic E-state index is 12.9. The zero-order valence-corrected chi connectivity index (χ0v) is 15.8. The van der Waals surface area contributed by atoms with Crippen LogP contribution in [0.5, 0.6) is 5.75 Å². The van der Waals surface area contributed by atoms with E-state index in [1.54, 1.807) is 18.1 Å². The molecule has 5 nitrogen and oxygen atoms in total. The first-order valence-electron chi connectivity index (χ1n) is 8.55. The lowest BCUT2D eigenvalue weighted by atomic mass is 10.0. The van der Waals surface area contributed by atoms with Crippen molar-refractivity contribution >= 4 is 23.0 Å². The third kappa shape index (κ3) is 3.48. The third-order valence-corrected chi connectivity index (χ3v) is 5.80. The van der Waals surface area contributed by atoms with Gasteiger partial charge in [0, 0.05) is 24.4 Å². The molecule has 0 radical (unpaired) electrons. The molecule has 0 aliphatic carbocycles. The highest BCUT2D eigenvalue weighted by Gasteiger charge is 2.47. The van der Waals surface area contributed by atoms with Gasteiger partial charge in [-0.1, -0.05) is 18.7 Å². The van der Waals surface area contributed by atoms with E-state index in [1.165, 1.54) is 11.3 Å². The minimum atomic E-state index is -1.47. The van der Waals surface area contributed by atoms with Gasteiger partial charge in [-0.2, -0.15) is 0 Å². The average Bonchev–Trinajstić information content (AvgIpc) is 3.25. The summed E-state index contributed by atoms with van der Waals surface area (Å²) in [4.78, 5) is 16.0. The molecule has 0 saturated carbocycles. The van der Waals surface area contributed by atoms with Gasteiger partial charge in [-0.05, 0) is 36.8 Å². The molecule has 6 heteroatoms. The van der Waals surface area contributed by atoms with Crippen LogP contribution in [0.25, 0.3) is 5.76 Å². The molecule has 0 spiro atoms. The van der Waals surface area contributed by atoms with Gasteiger partial charge >= 0.3 is 0 Å². The lowest BCUT2D eigenvalue weighted by molar-refractivity contribution is -0.144. The molecule has 138 valence electrons. The Morgan fingerprint density at radius 1 is 1.31 bits per heavy atom. The van der Waals surface area contributed by atoms with Crippen molar-refractivity contribution in [1.29, 1.82) is 0 Å². The molecule has 1 aromatic heterocycles. The van der Waals surface area contributed by atoms with Gasteiger partial charge in [-0.25, -0.2) is 0 Å². The monoisotopic (exact) mass is 373 g/mol. The summed E-state index contributed by atoms with van der Waals surface area (Å²) in [6.07, 6.45) is 0.378. The molecule has 1 unspecified atom stereocenters. The number of thiophene rings is 1. The minimum Gasteiger partial charge on any atom is -0.497 e.